The number of likely N-dealkylation sites (N-methyl/N-ethyl adjacent to an activating group) is 1. The number of aromatic nitrogens is 2. The van der Waals surface area contributed by atoms with Crippen molar-refractivity contribution in [3.63, 3.8) is 0 Å². The lowest BCUT2D eigenvalue weighted by molar-refractivity contribution is -0.173. The molecule has 0 aliphatic rings. The molecule has 236 valence electrons. The van der Waals surface area contributed by atoms with Crippen molar-refractivity contribution in [2.45, 2.75) is 46.1 Å². The number of fused-ring (bicyclic) bond motifs is 1. The van der Waals surface area contributed by atoms with E-state index in [1.807, 2.05) is 12.1 Å². The standard InChI is InChI=1S/C33H33F3N4O5/c1-7-44-32(43)33(35,36)26-10-8-9-24(30(26)34)18(2)37-31-25-16-22(11-13-27(25)38-19(3)39-31)21-12-14-28(45-20(4)41)23(15-21)17-29(42)40(5)6/h8-16,18H,7,17H2,1-6H3,(H,37,38,39)/t18-/m1/s1. The van der Waals surface area contributed by atoms with E-state index in [9.17, 15) is 23.2 Å². The molecular weight excluding hydrogens is 589 g/mol. The topological polar surface area (TPSA) is 111 Å². The van der Waals surface area contributed by atoms with Crippen LogP contribution < -0.4 is 10.1 Å². The molecule has 3 aromatic carbocycles. The van der Waals surface area contributed by atoms with Crippen molar-refractivity contribution in [1.29, 1.82) is 0 Å². The Labute approximate surface area is 258 Å². The number of halogens is 3. The quantitative estimate of drug-likeness (QED) is 0.166. The lowest BCUT2D eigenvalue weighted by Crippen LogP contribution is -2.30. The number of hydrogen-bond donors (Lipinski definition) is 1. The van der Waals surface area contributed by atoms with Gasteiger partial charge in [-0.25, -0.2) is 19.2 Å². The van der Waals surface area contributed by atoms with Crippen LogP contribution in [-0.2, 0) is 31.5 Å². The van der Waals surface area contributed by atoms with Crippen LogP contribution in [0.15, 0.2) is 54.6 Å². The number of rotatable bonds is 10. The molecule has 4 aromatic rings. The lowest BCUT2D eigenvalue weighted by atomic mass is 9.98. The molecule has 0 bridgehead atoms. The van der Waals surface area contributed by atoms with Gasteiger partial charge in [-0.15, -0.1) is 0 Å². The van der Waals surface area contributed by atoms with Crippen LogP contribution in [-0.4, -0.2) is 53.4 Å². The number of benzene rings is 3. The Morgan fingerprint density at radius 3 is 2.38 bits per heavy atom. The highest BCUT2D eigenvalue weighted by Crippen LogP contribution is 2.36. The minimum Gasteiger partial charge on any atom is -0.461 e. The van der Waals surface area contributed by atoms with Crippen molar-refractivity contribution >= 4 is 34.6 Å². The molecular formula is C33H33F3N4O5. The molecule has 1 amide bonds. The summed E-state index contributed by atoms with van der Waals surface area (Å²) < 4.78 is 54.8. The number of carbonyl (C=O) groups is 3. The van der Waals surface area contributed by atoms with Crippen LogP contribution in [0, 0.1) is 12.7 Å². The average molecular weight is 623 g/mol. The van der Waals surface area contributed by atoms with Gasteiger partial charge in [0.25, 0.3) is 0 Å². The number of anilines is 1. The second-order valence-corrected chi connectivity index (χ2v) is 10.6. The summed E-state index contributed by atoms with van der Waals surface area (Å²) in [4.78, 5) is 46.5. The SMILES string of the molecule is CCOC(=O)C(F)(F)c1cccc([C@@H](C)Nc2nc(C)nc3ccc(-c4ccc(OC(C)=O)c(CC(=O)N(C)C)c4)cc23)c1F. The fourth-order valence-electron chi connectivity index (χ4n) is 4.75. The van der Waals surface area contributed by atoms with Gasteiger partial charge in [0.15, 0.2) is 0 Å². The molecule has 1 aromatic heterocycles. The molecule has 0 aliphatic heterocycles. The Balaban J connectivity index is 1.74. The first-order chi connectivity index (χ1) is 21.2. The second kappa shape index (κ2) is 13.3. The van der Waals surface area contributed by atoms with Crippen molar-refractivity contribution in [2.24, 2.45) is 0 Å². The van der Waals surface area contributed by atoms with Crippen LogP contribution in [0.2, 0.25) is 0 Å². The molecule has 9 nitrogen and oxygen atoms in total. The van der Waals surface area contributed by atoms with Crippen molar-refractivity contribution in [1.82, 2.24) is 14.9 Å². The number of esters is 2. The summed E-state index contributed by atoms with van der Waals surface area (Å²) in [6.45, 7) is 5.66. The van der Waals surface area contributed by atoms with E-state index in [0.29, 0.717) is 33.7 Å². The molecule has 45 heavy (non-hydrogen) atoms. The van der Waals surface area contributed by atoms with Gasteiger partial charge < -0.3 is 19.7 Å². The molecule has 0 fully saturated rings. The van der Waals surface area contributed by atoms with Crippen LogP contribution in [0.3, 0.4) is 0 Å². The fourth-order valence-corrected chi connectivity index (χ4v) is 4.75. The zero-order valence-electron chi connectivity index (χ0n) is 25.7. The van der Waals surface area contributed by atoms with E-state index < -0.39 is 35.3 Å². The molecule has 0 aliphatic carbocycles. The minimum absolute atomic E-state index is 0.00347. The highest BCUT2D eigenvalue weighted by Gasteiger charge is 2.45. The molecule has 0 saturated heterocycles. The summed E-state index contributed by atoms with van der Waals surface area (Å²) in [7, 11) is 3.26. The first-order valence-electron chi connectivity index (χ1n) is 14.1. The van der Waals surface area contributed by atoms with E-state index >= 15 is 4.39 Å². The van der Waals surface area contributed by atoms with Gasteiger partial charge in [-0.2, -0.15) is 8.78 Å². The normalized spacial score (nSPS) is 12.0. The van der Waals surface area contributed by atoms with Gasteiger partial charge >= 0.3 is 17.9 Å². The van der Waals surface area contributed by atoms with Crippen LogP contribution in [0.4, 0.5) is 19.0 Å². The van der Waals surface area contributed by atoms with Gasteiger partial charge in [-0.05, 0) is 62.2 Å². The smallest absolute Gasteiger partial charge is 0.382 e. The van der Waals surface area contributed by atoms with Crippen molar-refractivity contribution in [2.75, 3.05) is 26.0 Å². The van der Waals surface area contributed by atoms with E-state index in [1.165, 1.54) is 30.9 Å². The molecule has 0 spiro atoms. The summed E-state index contributed by atoms with van der Waals surface area (Å²) in [6, 6.07) is 13.1. The van der Waals surface area contributed by atoms with Crippen LogP contribution >= 0.6 is 0 Å². The zero-order valence-corrected chi connectivity index (χ0v) is 25.7. The minimum atomic E-state index is -4.18. The third-order valence-electron chi connectivity index (χ3n) is 7.01. The van der Waals surface area contributed by atoms with E-state index in [-0.39, 0.29) is 30.2 Å². The molecule has 0 saturated carbocycles. The van der Waals surface area contributed by atoms with E-state index in [4.69, 9.17) is 4.74 Å². The average Bonchev–Trinajstić information content (AvgIpc) is 2.97. The van der Waals surface area contributed by atoms with Gasteiger partial charge in [0, 0.05) is 37.5 Å². The summed E-state index contributed by atoms with van der Waals surface area (Å²) in [5.74, 6) is -6.92. The zero-order chi connectivity index (χ0) is 33.1. The number of amides is 1. The molecule has 1 atom stereocenters. The maximum absolute atomic E-state index is 15.5. The van der Waals surface area contributed by atoms with E-state index in [1.54, 1.807) is 52.2 Å². The third kappa shape index (κ3) is 7.22. The molecule has 0 unspecified atom stereocenters. The fraction of sp³-hybridized carbons (Fsp3) is 0.303. The summed E-state index contributed by atoms with van der Waals surface area (Å²) >= 11 is 0. The van der Waals surface area contributed by atoms with Crippen LogP contribution in [0.25, 0.3) is 22.0 Å². The Morgan fingerprint density at radius 1 is 1.02 bits per heavy atom. The number of aryl methyl sites for hydroxylation is 1. The van der Waals surface area contributed by atoms with Crippen molar-refractivity contribution < 1.29 is 37.0 Å². The number of ether oxygens (including phenoxy) is 2. The number of carbonyl (C=O) groups excluding carboxylic acids is 3. The molecule has 1 N–H and O–H groups in total. The van der Waals surface area contributed by atoms with Crippen molar-refractivity contribution in [3.8, 4) is 16.9 Å². The molecule has 12 heteroatoms. The lowest BCUT2D eigenvalue weighted by Gasteiger charge is -2.21. The predicted octanol–water partition coefficient (Wildman–Crippen LogP) is 6.13. The monoisotopic (exact) mass is 622 g/mol. The first-order valence-corrected chi connectivity index (χ1v) is 14.1. The highest BCUT2D eigenvalue weighted by molar-refractivity contribution is 5.93. The molecule has 4 rings (SSSR count). The third-order valence-corrected chi connectivity index (χ3v) is 7.01. The van der Waals surface area contributed by atoms with Gasteiger partial charge in [-0.1, -0.05) is 24.3 Å². The van der Waals surface area contributed by atoms with Gasteiger partial charge in [-0.3, -0.25) is 9.59 Å². The number of hydrogen-bond acceptors (Lipinski definition) is 8. The van der Waals surface area contributed by atoms with Gasteiger partial charge in [0.1, 0.15) is 23.2 Å². The van der Waals surface area contributed by atoms with Crippen LogP contribution in [0.5, 0.6) is 5.75 Å². The highest BCUT2D eigenvalue weighted by atomic mass is 19.3. The molecule has 0 radical (unpaired) electrons. The van der Waals surface area contributed by atoms with Crippen LogP contribution in [0.1, 0.15) is 49.3 Å². The van der Waals surface area contributed by atoms with E-state index in [2.05, 4.69) is 20.0 Å². The summed E-state index contributed by atoms with van der Waals surface area (Å²) in [6.07, 6.45) is 0.00347. The van der Waals surface area contributed by atoms with E-state index in [0.717, 1.165) is 11.6 Å². The number of nitrogens with zero attached hydrogens (tertiary/aromatic N) is 3. The Hall–Kier alpha value is -5.00. The predicted molar refractivity (Wildman–Crippen MR) is 162 cm³/mol. The molecule has 1 heterocycles. The second-order valence-electron chi connectivity index (χ2n) is 10.6. The Kier molecular flexibility index (Phi) is 9.75. The number of alkyl halides is 2. The maximum Gasteiger partial charge on any atom is 0.382 e. The first kappa shape index (κ1) is 32.9. The summed E-state index contributed by atoms with van der Waals surface area (Å²) in [5.41, 5.74) is 1.34. The van der Waals surface area contributed by atoms with Gasteiger partial charge in [0.05, 0.1) is 30.1 Å². The largest absolute Gasteiger partial charge is 0.461 e. The number of nitrogens with one attached hydrogen (secondary N) is 1. The van der Waals surface area contributed by atoms with Gasteiger partial charge in [0.2, 0.25) is 5.91 Å². The summed E-state index contributed by atoms with van der Waals surface area (Å²) in [5, 5.41) is 3.68. The Morgan fingerprint density at radius 2 is 1.71 bits per heavy atom. The van der Waals surface area contributed by atoms with Crippen molar-refractivity contribution in [3.05, 3.63) is 82.9 Å². The Bertz CT molecular complexity index is 1780. The maximum atomic E-state index is 15.5.